The number of thiazole rings is 1. The van der Waals surface area contributed by atoms with Gasteiger partial charge in [-0.05, 0) is 48.2 Å². The van der Waals surface area contributed by atoms with E-state index in [1.54, 1.807) is 13.2 Å². The Bertz CT molecular complexity index is 1560. The van der Waals surface area contributed by atoms with Crippen LogP contribution in [0.4, 0.5) is 5.13 Å². The van der Waals surface area contributed by atoms with E-state index in [1.165, 1.54) is 46.8 Å². The minimum Gasteiger partial charge on any atom is -0.507 e. The summed E-state index contributed by atoms with van der Waals surface area (Å²) in [4.78, 5) is 33.5. The molecular formula is C25H18Cl2N2O5S2. The van der Waals surface area contributed by atoms with Crippen molar-refractivity contribution in [3.8, 4) is 11.5 Å². The van der Waals surface area contributed by atoms with E-state index in [1.807, 2.05) is 30.5 Å². The number of ketones is 1. The molecule has 11 heteroatoms. The van der Waals surface area contributed by atoms with Gasteiger partial charge in [-0.25, -0.2) is 4.98 Å². The maximum Gasteiger partial charge on any atom is 0.301 e. The number of aryl methyl sites for hydroxylation is 1. The number of hydrogen-bond acceptors (Lipinski definition) is 8. The number of hydrogen-bond donors (Lipinski definition) is 1. The Balaban J connectivity index is 1.74. The summed E-state index contributed by atoms with van der Waals surface area (Å²) in [5.41, 5.74) is 1.57. The summed E-state index contributed by atoms with van der Waals surface area (Å²) < 4.78 is 11.6. The van der Waals surface area contributed by atoms with E-state index in [2.05, 4.69) is 4.98 Å². The van der Waals surface area contributed by atoms with Crippen molar-refractivity contribution in [3.63, 3.8) is 0 Å². The third kappa shape index (κ3) is 3.92. The fraction of sp³-hybridized carbons (Fsp3) is 0.160. The van der Waals surface area contributed by atoms with Crippen molar-refractivity contribution in [2.75, 3.05) is 19.1 Å². The lowest BCUT2D eigenvalue weighted by atomic mass is 9.99. The van der Waals surface area contributed by atoms with E-state index in [0.717, 1.165) is 10.3 Å². The number of fused-ring (bicyclic) bond motifs is 1. The summed E-state index contributed by atoms with van der Waals surface area (Å²) in [6.07, 6.45) is 0. The van der Waals surface area contributed by atoms with Crippen LogP contribution < -0.4 is 14.4 Å². The summed E-state index contributed by atoms with van der Waals surface area (Å²) in [7, 11) is 2.97. The van der Waals surface area contributed by atoms with E-state index in [4.69, 9.17) is 32.7 Å². The van der Waals surface area contributed by atoms with Crippen molar-refractivity contribution < 1.29 is 24.2 Å². The molecule has 7 nitrogen and oxygen atoms in total. The number of Topliss-reactive ketones (excluding diaryl/α,β-unsaturated/α-hetero) is 1. The second-order valence-corrected chi connectivity index (χ2v) is 10.8. The first-order chi connectivity index (χ1) is 17.2. The van der Waals surface area contributed by atoms with Crippen LogP contribution in [-0.4, -0.2) is 36.0 Å². The van der Waals surface area contributed by atoms with Crippen molar-refractivity contribution in [1.29, 1.82) is 0 Å². The second kappa shape index (κ2) is 9.40. The second-order valence-electron chi connectivity index (χ2n) is 7.94. The average molecular weight is 561 g/mol. The number of rotatable bonds is 5. The van der Waals surface area contributed by atoms with E-state index in [0.29, 0.717) is 21.3 Å². The first-order valence-corrected chi connectivity index (χ1v) is 13.0. The molecule has 2 aromatic heterocycles. The van der Waals surface area contributed by atoms with Gasteiger partial charge in [-0.1, -0.05) is 40.6 Å². The molecule has 0 saturated carbocycles. The molecule has 0 aliphatic carbocycles. The number of carbonyl (C=O) groups excluding carboxylic acids is 2. The van der Waals surface area contributed by atoms with Gasteiger partial charge in [-0.2, -0.15) is 0 Å². The monoisotopic (exact) mass is 560 g/mol. The molecular weight excluding hydrogens is 543 g/mol. The van der Waals surface area contributed by atoms with Gasteiger partial charge in [0.15, 0.2) is 5.13 Å². The van der Waals surface area contributed by atoms with Crippen LogP contribution in [0.25, 0.3) is 16.0 Å². The van der Waals surface area contributed by atoms with E-state index in [-0.39, 0.29) is 26.9 Å². The highest BCUT2D eigenvalue weighted by Gasteiger charge is 2.49. The van der Waals surface area contributed by atoms with Gasteiger partial charge in [0, 0.05) is 9.90 Å². The highest BCUT2D eigenvalue weighted by molar-refractivity contribution is 7.22. The summed E-state index contributed by atoms with van der Waals surface area (Å²) in [5.74, 6) is -1.26. The summed E-state index contributed by atoms with van der Waals surface area (Å²) in [6, 6.07) is 9.31. The predicted octanol–water partition coefficient (Wildman–Crippen LogP) is 6.62. The molecule has 1 fully saturated rings. The molecule has 1 saturated heterocycles. The zero-order valence-electron chi connectivity index (χ0n) is 19.2. The molecule has 1 amide bonds. The molecule has 1 aliphatic heterocycles. The maximum atomic E-state index is 13.4. The van der Waals surface area contributed by atoms with Crippen LogP contribution in [0.2, 0.25) is 10.0 Å². The predicted molar refractivity (Wildman–Crippen MR) is 143 cm³/mol. The summed E-state index contributed by atoms with van der Waals surface area (Å²) >= 11 is 15.1. The molecule has 1 N–H and O–H groups in total. The summed E-state index contributed by atoms with van der Waals surface area (Å²) in [5, 5.41) is 14.0. The zero-order chi connectivity index (χ0) is 25.7. The smallest absolute Gasteiger partial charge is 0.301 e. The Morgan fingerprint density at radius 3 is 2.58 bits per heavy atom. The molecule has 1 aliphatic rings. The third-order valence-corrected chi connectivity index (χ3v) is 8.27. The maximum absolute atomic E-state index is 13.4. The van der Waals surface area contributed by atoms with Crippen LogP contribution in [0, 0.1) is 6.92 Å². The zero-order valence-corrected chi connectivity index (χ0v) is 22.3. The number of amides is 1. The summed E-state index contributed by atoms with van der Waals surface area (Å²) in [6.45, 7) is 1.90. The third-order valence-electron chi connectivity index (χ3n) is 5.82. The molecule has 3 heterocycles. The van der Waals surface area contributed by atoms with Crippen molar-refractivity contribution in [2.45, 2.75) is 13.0 Å². The average Bonchev–Trinajstić information content (AvgIpc) is 3.56. The van der Waals surface area contributed by atoms with Crippen LogP contribution in [0.15, 0.2) is 47.4 Å². The van der Waals surface area contributed by atoms with Gasteiger partial charge in [0.2, 0.25) is 0 Å². The van der Waals surface area contributed by atoms with E-state index >= 15 is 0 Å². The lowest BCUT2D eigenvalue weighted by Gasteiger charge is -2.21. The van der Waals surface area contributed by atoms with Crippen molar-refractivity contribution in [1.82, 2.24) is 4.98 Å². The van der Waals surface area contributed by atoms with Crippen molar-refractivity contribution >= 4 is 78.7 Å². The minimum absolute atomic E-state index is 0.105. The Labute approximate surface area is 224 Å². The number of aromatic nitrogens is 1. The van der Waals surface area contributed by atoms with Gasteiger partial charge in [-0.3, -0.25) is 14.5 Å². The van der Waals surface area contributed by atoms with Gasteiger partial charge >= 0.3 is 5.91 Å². The van der Waals surface area contributed by atoms with Crippen LogP contribution in [0.3, 0.4) is 0 Å². The van der Waals surface area contributed by atoms with Gasteiger partial charge in [0.05, 0.1) is 40.6 Å². The molecule has 184 valence electrons. The lowest BCUT2D eigenvalue weighted by molar-refractivity contribution is -0.132. The Hall–Kier alpha value is -3.11. The minimum atomic E-state index is -0.906. The molecule has 1 atom stereocenters. The van der Waals surface area contributed by atoms with Crippen LogP contribution in [0.1, 0.15) is 22.0 Å². The first-order valence-electron chi connectivity index (χ1n) is 10.6. The molecule has 5 rings (SSSR count). The van der Waals surface area contributed by atoms with Crippen LogP contribution in [-0.2, 0) is 9.59 Å². The number of benzene rings is 2. The molecule has 1 unspecified atom stereocenters. The number of halogens is 2. The molecule has 36 heavy (non-hydrogen) atoms. The highest BCUT2D eigenvalue weighted by atomic mass is 35.5. The molecule has 0 radical (unpaired) electrons. The van der Waals surface area contributed by atoms with Gasteiger partial charge in [0.25, 0.3) is 5.78 Å². The fourth-order valence-electron chi connectivity index (χ4n) is 4.21. The number of methoxy groups -OCH3 is 2. The Kier molecular flexibility index (Phi) is 6.42. The molecule has 0 spiro atoms. The number of aliphatic hydroxyl groups excluding tert-OH is 1. The number of thiophene rings is 1. The van der Waals surface area contributed by atoms with E-state index < -0.39 is 23.5 Å². The topological polar surface area (TPSA) is 89.0 Å². The Morgan fingerprint density at radius 2 is 1.92 bits per heavy atom. The first kappa shape index (κ1) is 24.6. The Morgan fingerprint density at radius 1 is 1.14 bits per heavy atom. The van der Waals surface area contributed by atoms with Crippen molar-refractivity contribution in [3.05, 3.63) is 73.4 Å². The molecule has 4 aromatic rings. The molecule has 0 bridgehead atoms. The number of ether oxygens (including phenoxy) is 2. The van der Waals surface area contributed by atoms with Gasteiger partial charge in [0.1, 0.15) is 23.3 Å². The number of nitrogens with zero attached hydrogens (tertiary/aromatic N) is 2. The van der Waals surface area contributed by atoms with Gasteiger partial charge in [-0.15, -0.1) is 11.3 Å². The number of aliphatic hydroxyl groups is 1. The molecule has 2 aromatic carbocycles. The van der Waals surface area contributed by atoms with Crippen molar-refractivity contribution in [2.24, 2.45) is 0 Å². The largest absolute Gasteiger partial charge is 0.507 e. The van der Waals surface area contributed by atoms with Crippen LogP contribution >= 0.6 is 45.9 Å². The quantitative estimate of drug-likeness (QED) is 0.168. The standard InChI is InChI=1S/C25H18Cl2N2O5S2/c1-11-7-15-18(10-16(11)33-2)36-25(28-15)29-20(17-5-4-6-35-17)19(22(31)24(29)32)21(30)13-8-12(26)9-14(27)23(13)34-3/h4-10,20,30H,1-3H3/b21-19+. The highest BCUT2D eigenvalue weighted by Crippen LogP contribution is 2.47. The van der Waals surface area contributed by atoms with Gasteiger partial charge < -0.3 is 14.6 Å². The lowest BCUT2D eigenvalue weighted by Crippen LogP contribution is -2.28. The van der Waals surface area contributed by atoms with Crippen LogP contribution in [0.5, 0.6) is 11.5 Å². The number of anilines is 1. The fourth-order valence-corrected chi connectivity index (χ4v) is 6.60. The normalized spacial score (nSPS) is 17.2. The SMILES string of the molecule is COc1cc2sc(N3C(=O)C(=O)/C(=C(/O)c4cc(Cl)cc(Cl)c4OC)C3c3cccs3)nc2cc1C. The number of carbonyl (C=O) groups is 2. The van der Waals surface area contributed by atoms with E-state index in [9.17, 15) is 14.7 Å².